The van der Waals surface area contributed by atoms with Crippen molar-refractivity contribution in [3.63, 3.8) is 0 Å². The number of nitrogens with one attached hydrogen (secondary N) is 1. The van der Waals surface area contributed by atoms with E-state index in [9.17, 15) is 9.18 Å². The number of hydrogen-bond donors (Lipinski definition) is 2. The highest BCUT2D eigenvalue weighted by atomic mass is 19.1. The van der Waals surface area contributed by atoms with Crippen molar-refractivity contribution in [2.24, 2.45) is 5.73 Å². The first-order valence-corrected chi connectivity index (χ1v) is 7.48. The molecule has 1 aliphatic rings. The maximum atomic E-state index is 14.1. The van der Waals surface area contributed by atoms with E-state index >= 15 is 0 Å². The number of amides is 1. The first-order valence-electron chi connectivity index (χ1n) is 7.48. The molecule has 1 aromatic carbocycles. The number of nitrogens with two attached hydrogens (primary N) is 1. The van der Waals surface area contributed by atoms with Gasteiger partial charge >= 0.3 is 0 Å². The molecule has 1 saturated heterocycles. The van der Waals surface area contributed by atoms with Gasteiger partial charge in [0, 0.05) is 30.7 Å². The lowest BCUT2D eigenvalue weighted by atomic mass is 10.00. The fourth-order valence-electron chi connectivity index (χ4n) is 2.46. The van der Waals surface area contributed by atoms with Gasteiger partial charge in [-0.3, -0.25) is 4.79 Å². The van der Waals surface area contributed by atoms with Crippen LogP contribution in [0.5, 0.6) is 0 Å². The van der Waals surface area contributed by atoms with Crippen LogP contribution in [-0.4, -0.2) is 24.5 Å². The maximum absolute atomic E-state index is 14.1. The summed E-state index contributed by atoms with van der Waals surface area (Å²) < 4.78 is 14.1. The monoisotopic (exact) mass is 293 g/mol. The van der Waals surface area contributed by atoms with Gasteiger partial charge in [0.2, 0.25) is 5.91 Å². The largest absolute Gasteiger partial charge is 0.369 e. The second-order valence-corrected chi connectivity index (χ2v) is 6.40. The van der Waals surface area contributed by atoms with E-state index in [0.717, 1.165) is 25.9 Å². The van der Waals surface area contributed by atoms with Gasteiger partial charge in [-0.2, -0.15) is 0 Å². The van der Waals surface area contributed by atoms with Gasteiger partial charge in [0.1, 0.15) is 5.82 Å². The number of carbonyl (C=O) groups is 1. The molecular formula is C16H24FN3O. The van der Waals surface area contributed by atoms with E-state index < -0.39 is 0 Å². The molecule has 21 heavy (non-hydrogen) atoms. The molecular weight excluding hydrogens is 269 g/mol. The van der Waals surface area contributed by atoms with E-state index in [4.69, 9.17) is 5.73 Å². The molecule has 3 N–H and O–H groups in total. The second-order valence-electron chi connectivity index (χ2n) is 6.40. The number of rotatable bonds is 5. The zero-order chi connectivity index (χ0) is 15.5. The lowest BCUT2D eigenvalue weighted by Crippen LogP contribution is -2.33. The van der Waals surface area contributed by atoms with Crippen molar-refractivity contribution in [3.8, 4) is 0 Å². The van der Waals surface area contributed by atoms with Crippen molar-refractivity contribution in [1.29, 1.82) is 0 Å². The Hall–Kier alpha value is -1.62. The molecule has 0 bridgehead atoms. The van der Waals surface area contributed by atoms with Crippen molar-refractivity contribution in [2.75, 3.05) is 23.3 Å². The average Bonchev–Trinajstić information content (AvgIpc) is 2.89. The molecule has 1 aromatic rings. The van der Waals surface area contributed by atoms with E-state index in [1.165, 1.54) is 6.07 Å². The van der Waals surface area contributed by atoms with Crippen LogP contribution in [0.2, 0.25) is 0 Å². The Morgan fingerprint density at radius 2 is 2.05 bits per heavy atom. The van der Waals surface area contributed by atoms with Crippen LogP contribution in [0, 0.1) is 5.82 Å². The van der Waals surface area contributed by atoms with Crippen LogP contribution in [0.3, 0.4) is 0 Å². The average molecular weight is 293 g/mol. The predicted molar refractivity (Wildman–Crippen MR) is 84.0 cm³/mol. The summed E-state index contributed by atoms with van der Waals surface area (Å²) in [6.07, 6.45) is 3.13. The van der Waals surface area contributed by atoms with Gasteiger partial charge in [-0.25, -0.2) is 4.39 Å². The van der Waals surface area contributed by atoms with Gasteiger partial charge in [-0.1, -0.05) is 0 Å². The minimum absolute atomic E-state index is 0.137. The van der Waals surface area contributed by atoms with Gasteiger partial charge in [-0.05, 0) is 51.3 Å². The number of nitrogens with zero attached hydrogens (tertiary/aromatic N) is 1. The van der Waals surface area contributed by atoms with Gasteiger partial charge < -0.3 is 16.0 Å². The summed E-state index contributed by atoms with van der Waals surface area (Å²) in [5.41, 5.74) is 6.59. The van der Waals surface area contributed by atoms with E-state index in [1.54, 1.807) is 12.1 Å². The first-order chi connectivity index (χ1) is 9.85. The Labute approximate surface area is 125 Å². The van der Waals surface area contributed by atoms with Gasteiger partial charge in [0.05, 0.1) is 5.69 Å². The van der Waals surface area contributed by atoms with Gasteiger partial charge in [0.25, 0.3) is 0 Å². The minimum atomic E-state index is -0.373. The molecule has 1 heterocycles. The summed E-state index contributed by atoms with van der Waals surface area (Å²) in [5, 5.41) is 2.72. The summed E-state index contributed by atoms with van der Waals surface area (Å²) >= 11 is 0. The molecule has 0 unspecified atom stereocenters. The van der Waals surface area contributed by atoms with Crippen LogP contribution in [0.15, 0.2) is 18.2 Å². The number of benzene rings is 1. The predicted octanol–water partition coefficient (Wildman–Crippen LogP) is 2.88. The van der Waals surface area contributed by atoms with E-state index in [2.05, 4.69) is 5.32 Å². The minimum Gasteiger partial charge on any atom is -0.369 e. The smallest absolute Gasteiger partial charge is 0.224 e. The van der Waals surface area contributed by atoms with E-state index in [-0.39, 0.29) is 17.3 Å². The van der Waals surface area contributed by atoms with Crippen LogP contribution in [0.1, 0.15) is 39.5 Å². The number of anilines is 2. The molecule has 4 nitrogen and oxygen atoms in total. The first kappa shape index (κ1) is 15.8. The number of carbonyl (C=O) groups excluding carboxylic acids is 1. The SMILES string of the molecule is CC(C)(N)CCC(=O)Nc1ccc(N2CCCC2)c(F)c1. The molecule has 0 aliphatic carbocycles. The third-order valence-electron chi connectivity index (χ3n) is 3.67. The summed E-state index contributed by atoms with van der Waals surface area (Å²) in [5.74, 6) is -0.421. The van der Waals surface area contributed by atoms with Crippen LogP contribution in [0.25, 0.3) is 0 Å². The fraction of sp³-hybridized carbons (Fsp3) is 0.562. The molecule has 1 aliphatic heterocycles. The Morgan fingerprint density at radius 3 is 2.62 bits per heavy atom. The second kappa shape index (κ2) is 6.43. The van der Waals surface area contributed by atoms with Crippen molar-refractivity contribution in [2.45, 2.75) is 45.1 Å². The van der Waals surface area contributed by atoms with Gasteiger partial charge in [-0.15, -0.1) is 0 Å². The Balaban J connectivity index is 1.95. The molecule has 1 fully saturated rings. The van der Waals surface area contributed by atoms with E-state index in [0.29, 0.717) is 24.2 Å². The number of hydrogen-bond acceptors (Lipinski definition) is 3. The molecule has 0 aromatic heterocycles. The van der Waals surface area contributed by atoms with Crippen molar-refractivity contribution >= 4 is 17.3 Å². The van der Waals surface area contributed by atoms with Crippen LogP contribution >= 0.6 is 0 Å². The van der Waals surface area contributed by atoms with Crippen molar-refractivity contribution in [1.82, 2.24) is 0 Å². The van der Waals surface area contributed by atoms with Crippen LogP contribution < -0.4 is 16.0 Å². The normalized spacial score (nSPS) is 15.3. The molecule has 1 amide bonds. The zero-order valence-electron chi connectivity index (χ0n) is 12.8. The zero-order valence-corrected chi connectivity index (χ0v) is 12.8. The quantitative estimate of drug-likeness (QED) is 0.877. The Kier molecular flexibility index (Phi) is 4.83. The lowest BCUT2D eigenvalue weighted by Gasteiger charge is -2.19. The highest BCUT2D eigenvalue weighted by Gasteiger charge is 2.17. The van der Waals surface area contributed by atoms with Crippen molar-refractivity contribution < 1.29 is 9.18 Å². The maximum Gasteiger partial charge on any atom is 0.224 e. The standard InChI is InChI=1S/C16H24FN3O/c1-16(2,18)8-7-15(21)19-12-5-6-14(13(17)11-12)20-9-3-4-10-20/h5-6,11H,3-4,7-10,18H2,1-2H3,(H,19,21). The summed E-state index contributed by atoms with van der Waals surface area (Å²) in [4.78, 5) is 13.9. The Bertz CT molecular complexity index is 505. The van der Waals surface area contributed by atoms with Crippen LogP contribution in [-0.2, 0) is 4.79 Å². The molecule has 2 rings (SSSR count). The molecule has 0 radical (unpaired) electrons. The molecule has 0 atom stereocenters. The summed E-state index contributed by atoms with van der Waals surface area (Å²) in [7, 11) is 0. The highest BCUT2D eigenvalue weighted by molar-refractivity contribution is 5.91. The van der Waals surface area contributed by atoms with Crippen molar-refractivity contribution in [3.05, 3.63) is 24.0 Å². The molecule has 0 spiro atoms. The third-order valence-corrected chi connectivity index (χ3v) is 3.67. The summed E-state index contributed by atoms with van der Waals surface area (Å²) in [6.45, 7) is 5.55. The molecule has 5 heteroatoms. The van der Waals surface area contributed by atoms with Crippen LogP contribution in [0.4, 0.5) is 15.8 Å². The molecule has 0 saturated carbocycles. The summed E-state index contributed by atoms with van der Waals surface area (Å²) in [6, 6.07) is 4.88. The number of halogens is 1. The highest BCUT2D eigenvalue weighted by Crippen LogP contribution is 2.26. The lowest BCUT2D eigenvalue weighted by molar-refractivity contribution is -0.116. The fourth-order valence-corrected chi connectivity index (χ4v) is 2.46. The van der Waals surface area contributed by atoms with Gasteiger partial charge in [0.15, 0.2) is 0 Å². The topological polar surface area (TPSA) is 58.4 Å². The molecule has 116 valence electrons. The van der Waals surface area contributed by atoms with E-state index in [1.807, 2.05) is 18.7 Å². The Morgan fingerprint density at radius 1 is 1.38 bits per heavy atom. The third kappa shape index (κ3) is 4.70.